The molecule has 0 amide bonds. The molecule has 0 saturated carbocycles. The van der Waals surface area contributed by atoms with Crippen LogP contribution in [0.5, 0.6) is 5.75 Å². The van der Waals surface area contributed by atoms with Crippen molar-refractivity contribution in [2.24, 2.45) is 5.41 Å². The largest absolute Gasteiger partial charge is 0.497 e. The van der Waals surface area contributed by atoms with E-state index in [1.54, 1.807) is 24.6 Å². The van der Waals surface area contributed by atoms with Gasteiger partial charge in [0.15, 0.2) is 0 Å². The first-order valence-electron chi connectivity index (χ1n) is 12.2. The second-order valence-corrected chi connectivity index (χ2v) is 12.0. The fourth-order valence-electron chi connectivity index (χ4n) is 4.93. The van der Waals surface area contributed by atoms with Gasteiger partial charge in [-0.2, -0.15) is 0 Å². The summed E-state index contributed by atoms with van der Waals surface area (Å²) >= 11 is 3.69. The molecule has 1 atom stereocenters. The first-order valence-corrected chi connectivity index (χ1v) is 14.1. The van der Waals surface area contributed by atoms with E-state index in [1.807, 2.05) is 49.0 Å². The normalized spacial score (nSPS) is 16.9. The Morgan fingerprint density at radius 2 is 2.09 bits per heavy atom. The maximum absolute atomic E-state index is 16.0. The summed E-state index contributed by atoms with van der Waals surface area (Å²) in [6, 6.07) is 9.88. The maximum Gasteiger partial charge on any atom is 0.128 e. The lowest BCUT2D eigenvalue weighted by Gasteiger charge is -2.41. The number of aliphatic hydroxyl groups excluding tert-OH is 1. The van der Waals surface area contributed by atoms with E-state index in [1.165, 1.54) is 4.21 Å². The van der Waals surface area contributed by atoms with Crippen LogP contribution in [0.1, 0.15) is 37.4 Å². The standard InChI is InChI=1S/C27H36FN3O2S2/c1-30(2)24-18-29-23-7-6-20(33-3)17-21(23)26(24)22(28)8-9-27(19-32)10-12-31(13-11-27)14-16-35-25-5-4-15-34-25/h4-7,15,17-18,22,32H,8-14,16,19H2,1-3H3. The minimum atomic E-state index is -1.14. The molecule has 1 aliphatic rings. The van der Waals surface area contributed by atoms with Gasteiger partial charge < -0.3 is 19.6 Å². The summed E-state index contributed by atoms with van der Waals surface area (Å²) in [5.41, 5.74) is 2.00. The highest BCUT2D eigenvalue weighted by Gasteiger charge is 2.35. The number of methoxy groups -OCH3 is 1. The van der Waals surface area contributed by atoms with Crippen molar-refractivity contribution in [1.29, 1.82) is 0 Å². The van der Waals surface area contributed by atoms with Gasteiger partial charge in [0, 0.05) is 43.9 Å². The molecule has 190 valence electrons. The van der Waals surface area contributed by atoms with Gasteiger partial charge in [-0.1, -0.05) is 6.07 Å². The maximum atomic E-state index is 16.0. The lowest BCUT2D eigenvalue weighted by Crippen LogP contribution is -2.42. The number of nitrogens with zero attached hydrogens (tertiary/aromatic N) is 3. The third-order valence-electron chi connectivity index (χ3n) is 7.22. The summed E-state index contributed by atoms with van der Waals surface area (Å²) in [5, 5.41) is 13.2. The van der Waals surface area contributed by atoms with E-state index in [4.69, 9.17) is 4.74 Å². The number of piperidine rings is 1. The van der Waals surface area contributed by atoms with E-state index < -0.39 is 6.17 Å². The van der Waals surface area contributed by atoms with Crippen molar-refractivity contribution in [2.45, 2.75) is 36.1 Å². The van der Waals surface area contributed by atoms with Crippen molar-refractivity contribution in [3.63, 3.8) is 0 Å². The van der Waals surface area contributed by atoms with E-state index in [2.05, 4.69) is 27.4 Å². The Balaban J connectivity index is 1.40. The first kappa shape index (κ1) is 26.2. The molecular weight excluding hydrogens is 481 g/mol. The summed E-state index contributed by atoms with van der Waals surface area (Å²) in [5.74, 6) is 1.77. The van der Waals surface area contributed by atoms with Crippen molar-refractivity contribution >= 4 is 39.7 Å². The number of hydrogen-bond acceptors (Lipinski definition) is 7. The highest BCUT2D eigenvalue weighted by Crippen LogP contribution is 2.42. The molecule has 0 spiro atoms. The van der Waals surface area contributed by atoms with Gasteiger partial charge in [-0.15, -0.1) is 23.1 Å². The molecule has 8 heteroatoms. The number of hydrogen-bond donors (Lipinski definition) is 1. The van der Waals surface area contributed by atoms with Gasteiger partial charge in [0.05, 0.1) is 28.7 Å². The van der Waals surface area contributed by atoms with Crippen LogP contribution < -0.4 is 9.64 Å². The number of thiophene rings is 1. The third-order valence-corrected chi connectivity index (χ3v) is 9.33. The molecule has 0 aliphatic carbocycles. The van der Waals surface area contributed by atoms with Gasteiger partial charge in [0.25, 0.3) is 0 Å². The lowest BCUT2D eigenvalue weighted by atomic mass is 9.74. The van der Waals surface area contributed by atoms with Crippen LogP contribution in [0.2, 0.25) is 0 Å². The smallest absolute Gasteiger partial charge is 0.128 e. The van der Waals surface area contributed by atoms with Crippen LogP contribution >= 0.6 is 23.1 Å². The van der Waals surface area contributed by atoms with Gasteiger partial charge in [-0.25, -0.2) is 4.39 Å². The van der Waals surface area contributed by atoms with E-state index in [9.17, 15) is 5.11 Å². The van der Waals surface area contributed by atoms with Crippen LogP contribution in [0.15, 0.2) is 46.1 Å². The minimum Gasteiger partial charge on any atom is -0.497 e. The van der Waals surface area contributed by atoms with Crippen LogP contribution in [0, 0.1) is 5.41 Å². The number of pyridine rings is 1. The molecule has 5 nitrogen and oxygen atoms in total. The Hall–Kier alpha value is -1.87. The predicted octanol–water partition coefficient (Wildman–Crippen LogP) is 6.03. The van der Waals surface area contributed by atoms with Gasteiger partial charge in [-0.3, -0.25) is 4.98 Å². The average molecular weight is 518 g/mol. The zero-order valence-corrected chi connectivity index (χ0v) is 22.5. The lowest BCUT2D eigenvalue weighted by molar-refractivity contribution is 0.0323. The second-order valence-electron chi connectivity index (χ2n) is 9.62. The van der Waals surface area contributed by atoms with Crippen LogP contribution in [-0.4, -0.2) is 68.2 Å². The van der Waals surface area contributed by atoms with E-state index >= 15 is 4.39 Å². The highest BCUT2D eigenvalue weighted by atomic mass is 32.2. The van der Waals surface area contributed by atoms with Gasteiger partial charge >= 0.3 is 0 Å². The zero-order valence-electron chi connectivity index (χ0n) is 20.9. The average Bonchev–Trinajstić information content (AvgIpc) is 3.40. The molecular formula is C27H36FN3O2S2. The predicted molar refractivity (Wildman–Crippen MR) is 146 cm³/mol. The number of likely N-dealkylation sites (tertiary alicyclic amines) is 1. The minimum absolute atomic E-state index is 0.114. The Morgan fingerprint density at radius 1 is 1.29 bits per heavy atom. The fourth-order valence-corrected chi connectivity index (χ4v) is 6.79. The number of benzene rings is 1. The molecule has 1 fully saturated rings. The van der Waals surface area contributed by atoms with E-state index in [0.29, 0.717) is 24.2 Å². The molecule has 3 heterocycles. The molecule has 1 unspecified atom stereocenters. The van der Waals surface area contributed by atoms with Crippen LogP contribution in [0.3, 0.4) is 0 Å². The summed E-state index contributed by atoms with van der Waals surface area (Å²) in [4.78, 5) is 8.94. The first-order chi connectivity index (χ1) is 16.9. The number of aliphatic hydroxyl groups is 1. The fraction of sp³-hybridized carbons (Fsp3) is 0.519. The second kappa shape index (κ2) is 11.9. The Bertz CT molecular complexity index is 1090. The quantitative estimate of drug-likeness (QED) is 0.314. The van der Waals surface area contributed by atoms with Gasteiger partial charge in [0.1, 0.15) is 11.9 Å². The number of thioether (sulfide) groups is 1. The van der Waals surface area contributed by atoms with Crippen LogP contribution in [0.4, 0.5) is 10.1 Å². The van der Waals surface area contributed by atoms with Crippen LogP contribution in [-0.2, 0) is 0 Å². The molecule has 0 radical (unpaired) electrons. The van der Waals surface area contributed by atoms with Crippen molar-refractivity contribution in [3.8, 4) is 5.75 Å². The van der Waals surface area contributed by atoms with Gasteiger partial charge in [-0.05, 0) is 73.8 Å². The van der Waals surface area contributed by atoms with Gasteiger partial charge in [0.2, 0.25) is 0 Å². The SMILES string of the molecule is COc1ccc2ncc(N(C)C)c(C(F)CCC3(CO)CCN(CCSc4cccs4)CC3)c2c1. The number of rotatable bonds is 11. The summed E-state index contributed by atoms with van der Waals surface area (Å²) < 4.78 is 22.7. The number of aromatic nitrogens is 1. The number of anilines is 1. The molecule has 1 aliphatic heterocycles. The van der Waals surface area contributed by atoms with Crippen molar-refractivity contribution in [3.05, 3.63) is 47.5 Å². The van der Waals surface area contributed by atoms with E-state index in [-0.39, 0.29) is 12.0 Å². The molecule has 3 aromatic rings. The summed E-state index contributed by atoms with van der Waals surface area (Å²) in [6.45, 7) is 3.08. The molecule has 1 aromatic carbocycles. The molecule has 2 aromatic heterocycles. The van der Waals surface area contributed by atoms with E-state index in [0.717, 1.165) is 54.8 Å². The van der Waals surface area contributed by atoms with Crippen molar-refractivity contribution in [2.75, 3.05) is 58.1 Å². The Labute approximate surface area is 216 Å². The molecule has 1 saturated heterocycles. The number of fused-ring (bicyclic) bond motifs is 1. The number of halogens is 1. The summed E-state index contributed by atoms with van der Waals surface area (Å²) in [7, 11) is 5.46. The Kier molecular flexibility index (Phi) is 8.92. The van der Waals surface area contributed by atoms with Crippen molar-refractivity contribution in [1.82, 2.24) is 9.88 Å². The number of ether oxygens (including phenoxy) is 1. The van der Waals surface area contributed by atoms with Crippen molar-refractivity contribution < 1.29 is 14.2 Å². The molecule has 1 N–H and O–H groups in total. The number of alkyl halides is 1. The molecule has 35 heavy (non-hydrogen) atoms. The van der Waals surface area contributed by atoms with Crippen LogP contribution in [0.25, 0.3) is 10.9 Å². The Morgan fingerprint density at radius 3 is 2.74 bits per heavy atom. The third kappa shape index (κ3) is 6.28. The topological polar surface area (TPSA) is 48.8 Å². The summed E-state index contributed by atoms with van der Waals surface area (Å²) in [6.07, 6.45) is 3.48. The highest BCUT2D eigenvalue weighted by molar-refractivity contribution is 8.01. The zero-order chi connectivity index (χ0) is 24.8. The molecule has 4 rings (SSSR count). The molecule has 0 bridgehead atoms. The monoisotopic (exact) mass is 517 g/mol.